The Morgan fingerprint density at radius 2 is 1.95 bits per heavy atom. The highest BCUT2D eigenvalue weighted by atomic mass is 19.1. The molecule has 0 saturated carbocycles. The van der Waals surface area contributed by atoms with E-state index >= 15 is 0 Å². The number of amides is 1. The van der Waals surface area contributed by atoms with Crippen molar-refractivity contribution in [3.63, 3.8) is 0 Å². The SMILES string of the molecule is O=C(N/N=C/c1cccc(F)c1)c1ccc(O)cc1. The highest BCUT2D eigenvalue weighted by Gasteiger charge is 2.03. The van der Waals surface area contributed by atoms with E-state index in [0.717, 1.165) is 0 Å². The first-order valence-corrected chi connectivity index (χ1v) is 5.53. The quantitative estimate of drug-likeness (QED) is 0.655. The fourth-order valence-corrected chi connectivity index (χ4v) is 1.43. The lowest BCUT2D eigenvalue weighted by Gasteiger charge is -1.99. The standard InChI is InChI=1S/C14H11FN2O2/c15-12-3-1-2-10(8-12)9-16-17-14(19)11-4-6-13(18)7-5-11/h1-9,18H,(H,17,19)/b16-9+. The minimum Gasteiger partial charge on any atom is -0.508 e. The second-order valence-electron chi connectivity index (χ2n) is 3.80. The molecule has 0 aliphatic heterocycles. The van der Waals surface area contributed by atoms with Gasteiger partial charge in [-0.1, -0.05) is 12.1 Å². The molecule has 0 aliphatic rings. The highest BCUT2D eigenvalue weighted by molar-refractivity contribution is 5.94. The Kier molecular flexibility index (Phi) is 3.87. The number of carbonyl (C=O) groups is 1. The van der Waals surface area contributed by atoms with Gasteiger partial charge in [-0.05, 0) is 42.0 Å². The average molecular weight is 258 g/mol. The Morgan fingerprint density at radius 3 is 2.63 bits per heavy atom. The normalized spacial score (nSPS) is 10.6. The van der Waals surface area contributed by atoms with E-state index < -0.39 is 5.91 Å². The molecule has 4 nitrogen and oxygen atoms in total. The van der Waals surface area contributed by atoms with Gasteiger partial charge in [0.05, 0.1) is 6.21 Å². The number of nitrogens with zero attached hydrogens (tertiary/aromatic N) is 1. The van der Waals surface area contributed by atoms with Crippen molar-refractivity contribution in [1.82, 2.24) is 5.43 Å². The third kappa shape index (κ3) is 3.64. The van der Waals surface area contributed by atoms with Gasteiger partial charge in [0.15, 0.2) is 0 Å². The average Bonchev–Trinajstić information content (AvgIpc) is 2.39. The lowest BCUT2D eigenvalue weighted by molar-refractivity contribution is 0.0955. The minimum absolute atomic E-state index is 0.0832. The number of phenolic OH excluding ortho intramolecular Hbond substituents is 1. The molecule has 5 heteroatoms. The molecule has 2 N–H and O–H groups in total. The molecular formula is C14H11FN2O2. The summed E-state index contributed by atoms with van der Waals surface area (Å²) in [5.41, 5.74) is 3.23. The van der Waals surface area contributed by atoms with Gasteiger partial charge in [0.25, 0.3) is 5.91 Å². The van der Waals surface area contributed by atoms with Crippen molar-refractivity contribution in [1.29, 1.82) is 0 Å². The molecule has 0 atom stereocenters. The molecule has 2 aromatic carbocycles. The van der Waals surface area contributed by atoms with Crippen LogP contribution in [0.15, 0.2) is 53.6 Å². The first-order chi connectivity index (χ1) is 9.15. The van der Waals surface area contributed by atoms with E-state index in [1.807, 2.05) is 0 Å². The summed E-state index contributed by atoms with van der Waals surface area (Å²) in [6.45, 7) is 0. The number of hydrogen-bond acceptors (Lipinski definition) is 3. The van der Waals surface area contributed by atoms with Gasteiger partial charge in [0.2, 0.25) is 0 Å². The molecule has 0 bridgehead atoms. The summed E-state index contributed by atoms with van der Waals surface area (Å²) in [5.74, 6) is -0.693. The van der Waals surface area contributed by atoms with E-state index in [9.17, 15) is 9.18 Å². The van der Waals surface area contributed by atoms with Gasteiger partial charge in [-0.25, -0.2) is 9.82 Å². The summed E-state index contributed by atoms with van der Waals surface area (Å²) in [5, 5.41) is 12.8. The van der Waals surface area contributed by atoms with Crippen molar-refractivity contribution in [2.45, 2.75) is 0 Å². The summed E-state index contributed by atoms with van der Waals surface area (Å²) < 4.78 is 12.9. The highest BCUT2D eigenvalue weighted by Crippen LogP contribution is 2.09. The molecule has 0 unspecified atom stereocenters. The Labute approximate surface area is 109 Å². The number of nitrogens with one attached hydrogen (secondary N) is 1. The van der Waals surface area contributed by atoms with Crippen molar-refractivity contribution in [2.24, 2.45) is 5.10 Å². The van der Waals surface area contributed by atoms with E-state index in [2.05, 4.69) is 10.5 Å². The van der Waals surface area contributed by atoms with Gasteiger partial charge in [0, 0.05) is 5.56 Å². The van der Waals surface area contributed by atoms with Crippen LogP contribution in [-0.4, -0.2) is 17.2 Å². The number of rotatable bonds is 3. The molecule has 2 aromatic rings. The molecule has 0 radical (unpaired) electrons. The lowest BCUT2D eigenvalue weighted by atomic mass is 10.2. The zero-order valence-electron chi connectivity index (χ0n) is 9.88. The van der Waals surface area contributed by atoms with Crippen LogP contribution in [0.2, 0.25) is 0 Å². The van der Waals surface area contributed by atoms with E-state index in [1.54, 1.807) is 12.1 Å². The molecule has 0 aromatic heterocycles. The van der Waals surface area contributed by atoms with Gasteiger partial charge in [0.1, 0.15) is 11.6 Å². The minimum atomic E-state index is -0.410. The number of carbonyl (C=O) groups excluding carboxylic acids is 1. The maximum atomic E-state index is 12.9. The van der Waals surface area contributed by atoms with Crippen LogP contribution in [-0.2, 0) is 0 Å². The van der Waals surface area contributed by atoms with Crippen LogP contribution in [0.4, 0.5) is 4.39 Å². The number of hydrogen-bond donors (Lipinski definition) is 2. The van der Waals surface area contributed by atoms with E-state index in [1.165, 1.54) is 42.6 Å². The monoisotopic (exact) mass is 258 g/mol. The van der Waals surface area contributed by atoms with Gasteiger partial charge >= 0.3 is 0 Å². The molecular weight excluding hydrogens is 247 g/mol. The zero-order valence-corrected chi connectivity index (χ0v) is 9.88. The molecule has 0 heterocycles. The van der Waals surface area contributed by atoms with E-state index in [4.69, 9.17) is 5.11 Å². The molecule has 0 spiro atoms. The van der Waals surface area contributed by atoms with Crippen molar-refractivity contribution in [3.8, 4) is 5.75 Å². The Hall–Kier alpha value is -2.69. The second-order valence-corrected chi connectivity index (χ2v) is 3.80. The second kappa shape index (κ2) is 5.77. The number of phenols is 1. The smallest absolute Gasteiger partial charge is 0.271 e. The van der Waals surface area contributed by atoms with E-state index in [0.29, 0.717) is 11.1 Å². The van der Waals surface area contributed by atoms with Gasteiger partial charge in [-0.3, -0.25) is 4.79 Å². The molecule has 1 amide bonds. The predicted molar refractivity (Wildman–Crippen MR) is 69.6 cm³/mol. The first kappa shape index (κ1) is 12.8. The van der Waals surface area contributed by atoms with Crippen LogP contribution in [0.1, 0.15) is 15.9 Å². The topological polar surface area (TPSA) is 61.7 Å². The number of benzene rings is 2. The van der Waals surface area contributed by atoms with Crippen molar-refractivity contribution in [2.75, 3.05) is 0 Å². The molecule has 0 aliphatic carbocycles. The molecule has 0 fully saturated rings. The number of halogens is 1. The van der Waals surface area contributed by atoms with Gasteiger partial charge < -0.3 is 5.11 Å². The summed E-state index contributed by atoms with van der Waals surface area (Å²) in [7, 11) is 0. The van der Waals surface area contributed by atoms with Crippen LogP contribution in [0.3, 0.4) is 0 Å². The van der Waals surface area contributed by atoms with Crippen LogP contribution in [0.25, 0.3) is 0 Å². The molecule has 19 heavy (non-hydrogen) atoms. The first-order valence-electron chi connectivity index (χ1n) is 5.53. The van der Waals surface area contributed by atoms with E-state index in [-0.39, 0.29) is 11.6 Å². The van der Waals surface area contributed by atoms with Crippen LogP contribution < -0.4 is 5.43 Å². The molecule has 96 valence electrons. The largest absolute Gasteiger partial charge is 0.508 e. The summed E-state index contributed by atoms with van der Waals surface area (Å²) in [6, 6.07) is 11.6. The summed E-state index contributed by atoms with van der Waals surface area (Å²) in [6.07, 6.45) is 1.35. The molecule has 0 saturated heterocycles. The Morgan fingerprint density at radius 1 is 1.21 bits per heavy atom. The number of aromatic hydroxyl groups is 1. The van der Waals surface area contributed by atoms with Crippen molar-refractivity contribution >= 4 is 12.1 Å². The fourth-order valence-electron chi connectivity index (χ4n) is 1.43. The lowest BCUT2D eigenvalue weighted by Crippen LogP contribution is -2.17. The van der Waals surface area contributed by atoms with Crippen molar-refractivity contribution < 1.29 is 14.3 Å². The van der Waals surface area contributed by atoms with Crippen LogP contribution >= 0.6 is 0 Å². The molecule has 2 rings (SSSR count). The Balaban J connectivity index is 1.98. The predicted octanol–water partition coefficient (Wildman–Crippen LogP) is 2.30. The Bertz CT molecular complexity index is 609. The maximum Gasteiger partial charge on any atom is 0.271 e. The third-order valence-electron chi connectivity index (χ3n) is 2.36. The fraction of sp³-hybridized carbons (Fsp3) is 0. The summed E-state index contributed by atoms with van der Waals surface area (Å²) >= 11 is 0. The van der Waals surface area contributed by atoms with Gasteiger partial charge in [-0.2, -0.15) is 5.10 Å². The zero-order chi connectivity index (χ0) is 13.7. The van der Waals surface area contributed by atoms with Crippen molar-refractivity contribution in [3.05, 3.63) is 65.5 Å². The maximum absolute atomic E-state index is 12.9. The van der Waals surface area contributed by atoms with Gasteiger partial charge in [-0.15, -0.1) is 0 Å². The third-order valence-corrected chi connectivity index (χ3v) is 2.36. The number of hydrazone groups is 1. The van der Waals surface area contributed by atoms with Crippen LogP contribution in [0.5, 0.6) is 5.75 Å². The van der Waals surface area contributed by atoms with Crippen LogP contribution in [0, 0.1) is 5.82 Å². The summed E-state index contributed by atoms with van der Waals surface area (Å²) in [4.78, 5) is 11.6.